The first-order valence-electron chi connectivity index (χ1n) is 8.10. The lowest BCUT2D eigenvalue weighted by molar-refractivity contribution is 0.540. The van der Waals surface area contributed by atoms with Gasteiger partial charge in [-0.25, -0.2) is 0 Å². The third-order valence-electron chi connectivity index (χ3n) is 4.57. The zero-order chi connectivity index (χ0) is 14.7. The third-order valence-corrected chi connectivity index (χ3v) is 4.74. The normalized spacial score (nSPS) is 20.0. The molecule has 1 saturated heterocycles. The number of nitrogens with zero attached hydrogens (tertiary/aromatic N) is 5. The Bertz CT molecular complexity index is 469. The Balaban J connectivity index is 1.73. The van der Waals surface area contributed by atoms with Gasteiger partial charge in [0.1, 0.15) is 0 Å². The first kappa shape index (κ1) is 14.8. The van der Waals surface area contributed by atoms with Gasteiger partial charge in [-0.3, -0.25) is 0 Å². The zero-order valence-electron chi connectivity index (χ0n) is 12.8. The summed E-state index contributed by atoms with van der Waals surface area (Å²) in [6, 6.07) is 0. The van der Waals surface area contributed by atoms with Gasteiger partial charge >= 0.3 is 0 Å². The molecule has 0 unspecified atom stereocenters. The molecule has 21 heavy (non-hydrogen) atoms. The minimum atomic E-state index is 0.304. The Morgan fingerprint density at radius 2 is 1.76 bits per heavy atom. The van der Waals surface area contributed by atoms with E-state index in [2.05, 4.69) is 31.8 Å². The second kappa shape index (κ2) is 6.77. The monoisotopic (exact) mass is 309 g/mol. The highest BCUT2D eigenvalue weighted by atomic mass is 35.5. The van der Waals surface area contributed by atoms with Crippen molar-refractivity contribution in [3.8, 4) is 0 Å². The molecule has 0 spiro atoms. The second-order valence-electron chi connectivity index (χ2n) is 6.28. The Labute approximate surface area is 131 Å². The van der Waals surface area contributed by atoms with E-state index >= 15 is 0 Å². The molecule has 5 nitrogen and oxygen atoms in total. The molecule has 1 aromatic rings. The molecule has 0 amide bonds. The van der Waals surface area contributed by atoms with Crippen LogP contribution in [0.1, 0.15) is 44.9 Å². The van der Waals surface area contributed by atoms with Gasteiger partial charge in [-0.2, -0.15) is 15.0 Å². The molecule has 0 N–H and O–H groups in total. The summed E-state index contributed by atoms with van der Waals surface area (Å²) in [5, 5.41) is 0.304. The summed E-state index contributed by atoms with van der Waals surface area (Å²) in [6.07, 6.45) is 9.06. The molecule has 6 heteroatoms. The number of piperidine rings is 1. The summed E-state index contributed by atoms with van der Waals surface area (Å²) >= 11 is 6.11. The minimum Gasteiger partial charge on any atom is -0.343 e. The van der Waals surface area contributed by atoms with Crippen LogP contribution in [-0.4, -0.2) is 41.6 Å². The quantitative estimate of drug-likeness (QED) is 0.855. The molecule has 1 aliphatic heterocycles. The smallest absolute Gasteiger partial charge is 0.231 e. The van der Waals surface area contributed by atoms with Crippen LogP contribution in [0.3, 0.4) is 0 Å². The third kappa shape index (κ3) is 3.76. The number of hydrogen-bond donors (Lipinski definition) is 0. The van der Waals surface area contributed by atoms with E-state index in [0.717, 1.165) is 31.5 Å². The van der Waals surface area contributed by atoms with Gasteiger partial charge in [-0.15, -0.1) is 0 Å². The van der Waals surface area contributed by atoms with Crippen LogP contribution in [0.5, 0.6) is 0 Å². The van der Waals surface area contributed by atoms with Gasteiger partial charge in [-0.1, -0.05) is 12.8 Å². The molecule has 116 valence electrons. The highest BCUT2D eigenvalue weighted by Gasteiger charge is 2.20. The molecule has 1 aromatic heterocycles. The van der Waals surface area contributed by atoms with Crippen molar-refractivity contribution in [2.24, 2.45) is 5.92 Å². The van der Waals surface area contributed by atoms with E-state index in [0.29, 0.717) is 11.2 Å². The lowest BCUT2D eigenvalue weighted by Crippen LogP contribution is -2.32. The van der Waals surface area contributed by atoms with Gasteiger partial charge in [0.05, 0.1) is 0 Å². The molecule has 0 aromatic carbocycles. The molecule has 0 atom stereocenters. The van der Waals surface area contributed by atoms with E-state index in [-0.39, 0.29) is 0 Å². The summed E-state index contributed by atoms with van der Waals surface area (Å²) in [4.78, 5) is 17.6. The number of halogens is 1. The minimum absolute atomic E-state index is 0.304. The van der Waals surface area contributed by atoms with Crippen LogP contribution < -0.4 is 9.80 Å². The van der Waals surface area contributed by atoms with E-state index in [4.69, 9.17) is 11.6 Å². The average Bonchev–Trinajstić information content (AvgIpc) is 3.00. The fourth-order valence-corrected chi connectivity index (χ4v) is 3.55. The number of rotatable bonds is 4. The van der Waals surface area contributed by atoms with E-state index in [1.165, 1.54) is 44.9 Å². The number of aromatic nitrogens is 3. The SMILES string of the molecule is CN(CC1CCCC1)c1nc(Cl)nc(N2CCCCC2)n1. The number of anilines is 2. The maximum atomic E-state index is 6.11. The van der Waals surface area contributed by atoms with Crippen molar-refractivity contribution in [3.63, 3.8) is 0 Å². The highest BCUT2D eigenvalue weighted by Crippen LogP contribution is 2.27. The van der Waals surface area contributed by atoms with Crippen molar-refractivity contribution in [1.29, 1.82) is 0 Å². The van der Waals surface area contributed by atoms with Crippen molar-refractivity contribution >= 4 is 23.5 Å². The van der Waals surface area contributed by atoms with Crippen molar-refractivity contribution in [3.05, 3.63) is 5.28 Å². The predicted molar refractivity (Wildman–Crippen MR) is 86.1 cm³/mol. The van der Waals surface area contributed by atoms with Gasteiger partial charge in [0.15, 0.2) is 0 Å². The summed E-state index contributed by atoms with van der Waals surface area (Å²) in [5.41, 5.74) is 0. The maximum absolute atomic E-state index is 6.11. The summed E-state index contributed by atoms with van der Waals surface area (Å²) < 4.78 is 0. The van der Waals surface area contributed by atoms with E-state index in [1.54, 1.807) is 0 Å². The topological polar surface area (TPSA) is 45.2 Å². The van der Waals surface area contributed by atoms with Gasteiger partial charge in [0, 0.05) is 26.7 Å². The standard InChI is InChI=1S/C15H24ClN5/c1-20(11-12-7-3-4-8-12)14-17-13(16)18-15(19-14)21-9-5-2-6-10-21/h12H,2-11H2,1H3. The molecule has 1 aliphatic carbocycles. The number of hydrogen-bond acceptors (Lipinski definition) is 5. The molecule has 1 saturated carbocycles. The average molecular weight is 310 g/mol. The van der Waals surface area contributed by atoms with Crippen molar-refractivity contribution in [2.45, 2.75) is 44.9 Å². The lowest BCUT2D eigenvalue weighted by Gasteiger charge is -2.28. The van der Waals surface area contributed by atoms with Crippen LogP contribution in [0.15, 0.2) is 0 Å². The van der Waals surface area contributed by atoms with E-state index in [9.17, 15) is 0 Å². The first-order valence-corrected chi connectivity index (χ1v) is 8.48. The molecular weight excluding hydrogens is 286 g/mol. The molecular formula is C15H24ClN5. The maximum Gasteiger partial charge on any atom is 0.231 e. The van der Waals surface area contributed by atoms with Crippen molar-refractivity contribution in [1.82, 2.24) is 15.0 Å². The molecule has 2 fully saturated rings. The van der Waals surface area contributed by atoms with Crippen LogP contribution in [0.2, 0.25) is 5.28 Å². The van der Waals surface area contributed by atoms with E-state index in [1.807, 2.05) is 0 Å². The summed E-state index contributed by atoms with van der Waals surface area (Å²) in [7, 11) is 2.06. The van der Waals surface area contributed by atoms with Crippen LogP contribution in [0.25, 0.3) is 0 Å². The lowest BCUT2D eigenvalue weighted by atomic mass is 10.1. The Kier molecular flexibility index (Phi) is 4.78. The summed E-state index contributed by atoms with van der Waals surface area (Å²) in [5.74, 6) is 2.22. The molecule has 0 radical (unpaired) electrons. The molecule has 3 rings (SSSR count). The van der Waals surface area contributed by atoms with Gasteiger partial charge in [-0.05, 0) is 49.6 Å². The Morgan fingerprint density at radius 3 is 2.48 bits per heavy atom. The first-order chi connectivity index (χ1) is 10.2. The zero-order valence-corrected chi connectivity index (χ0v) is 13.5. The van der Waals surface area contributed by atoms with Gasteiger partial charge in [0.2, 0.25) is 17.2 Å². The van der Waals surface area contributed by atoms with Crippen molar-refractivity contribution < 1.29 is 0 Å². The van der Waals surface area contributed by atoms with Gasteiger partial charge < -0.3 is 9.80 Å². The second-order valence-corrected chi connectivity index (χ2v) is 6.62. The highest BCUT2D eigenvalue weighted by molar-refractivity contribution is 6.28. The fraction of sp³-hybridized carbons (Fsp3) is 0.800. The Morgan fingerprint density at radius 1 is 1.05 bits per heavy atom. The van der Waals surface area contributed by atoms with E-state index < -0.39 is 0 Å². The largest absolute Gasteiger partial charge is 0.343 e. The predicted octanol–water partition coefficient (Wildman–Crippen LogP) is 3.14. The van der Waals surface area contributed by atoms with Crippen LogP contribution in [-0.2, 0) is 0 Å². The van der Waals surface area contributed by atoms with Crippen LogP contribution >= 0.6 is 11.6 Å². The molecule has 2 aliphatic rings. The Hall–Kier alpha value is -1.10. The van der Waals surface area contributed by atoms with Crippen LogP contribution in [0, 0.1) is 5.92 Å². The fourth-order valence-electron chi connectivity index (χ4n) is 3.40. The molecule has 2 heterocycles. The summed E-state index contributed by atoms with van der Waals surface area (Å²) in [6.45, 7) is 3.05. The van der Waals surface area contributed by atoms with Crippen molar-refractivity contribution in [2.75, 3.05) is 36.5 Å². The van der Waals surface area contributed by atoms with Crippen LogP contribution in [0.4, 0.5) is 11.9 Å². The van der Waals surface area contributed by atoms with Gasteiger partial charge in [0.25, 0.3) is 0 Å². The molecule has 0 bridgehead atoms.